The van der Waals surface area contributed by atoms with Gasteiger partial charge in [0, 0.05) is 12.1 Å². The molecule has 14 heavy (non-hydrogen) atoms. The Balaban J connectivity index is 2.66. The van der Waals surface area contributed by atoms with Gasteiger partial charge in [0.1, 0.15) is 5.75 Å². The van der Waals surface area contributed by atoms with Crippen LogP contribution in [0.2, 0.25) is 0 Å². The Morgan fingerprint density at radius 2 is 1.64 bits per heavy atom. The van der Waals surface area contributed by atoms with Crippen molar-refractivity contribution >= 4 is 0 Å². The highest BCUT2D eigenvalue weighted by Crippen LogP contribution is 2.17. The lowest BCUT2D eigenvalue weighted by Crippen LogP contribution is -2.25. The predicted molar refractivity (Wildman–Crippen MR) is 59.7 cm³/mol. The lowest BCUT2D eigenvalue weighted by atomic mass is 10.1. The van der Waals surface area contributed by atoms with Crippen LogP contribution in [0, 0.1) is 0 Å². The molecule has 0 saturated carbocycles. The number of benzene rings is 1. The fraction of sp³-hybridized carbons (Fsp3) is 0.500. The van der Waals surface area contributed by atoms with Crippen molar-refractivity contribution in [3.63, 3.8) is 0 Å². The van der Waals surface area contributed by atoms with Gasteiger partial charge < -0.3 is 10.1 Å². The lowest BCUT2D eigenvalue weighted by Gasteiger charge is -2.17. The van der Waals surface area contributed by atoms with Gasteiger partial charge in [0.2, 0.25) is 0 Å². The Hall–Kier alpha value is -1.02. The normalized spacial score (nSPS) is 12.9. The molecule has 1 aromatic carbocycles. The number of methoxy groups -OCH3 is 1. The molecule has 0 spiro atoms. The first-order valence-electron chi connectivity index (χ1n) is 5.03. The first kappa shape index (κ1) is 11.1. The van der Waals surface area contributed by atoms with Gasteiger partial charge in [0.15, 0.2) is 0 Å². The second-order valence-corrected chi connectivity index (χ2v) is 3.82. The minimum Gasteiger partial charge on any atom is -0.497 e. The molecule has 0 bridgehead atoms. The molecule has 2 heteroatoms. The quantitative estimate of drug-likeness (QED) is 0.794. The SMILES string of the molecule is COc1ccc([C@H](C)NC(C)C)cc1. The molecular formula is C12H19NO. The van der Waals surface area contributed by atoms with E-state index in [0.717, 1.165) is 5.75 Å². The van der Waals surface area contributed by atoms with Crippen LogP contribution in [-0.4, -0.2) is 13.2 Å². The van der Waals surface area contributed by atoms with Gasteiger partial charge in [-0.1, -0.05) is 26.0 Å². The molecule has 0 unspecified atom stereocenters. The largest absolute Gasteiger partial charge is 0.497 e. The van der Waals surface area contributed by atoms with Crippen LogP contribution in [0.4, 0.5) is 0 Å². The zero-order chi connectivity index (χ0) is 10.6. The van der Waals surface area contributed by atoms with Crippen LogP contribution in [0.5, 0.6) is 5.75 Å². The molecule has 1 rings (SSSR count). The van der Waals surface area contributed by atoms with Gasteiger partial charge in [-0.3, -0.25) is 0 Å². The average molecular weight is 193 g/mol. The smallest absolute Gasteiger partial charge is 0.118 e. The monoisotopic (exact) mass is 193 g/mol. The molecule has 0 amide bonds. The highest BCUT2D eigenvalue weighted by molar-refractivity contribution is 5.28. The summed E-state index contributed by atoms with van der Waals surface area (Å²) >= 11 is 0. The zero-order valence-corrected chi connectivity index (χ0v) is 9.37. The fourth-order valence-corrected chi connectivity index (χ4v) is 1.49. The minimum absolute atomic E-state index is 0.390. The van der Waals surface area contributed by atoms with E-state index in [-0.39, 0.29) is 0 Å². The third-order valence-electron chi connectivity index (χ3n) is 2.20. The summed E-state index contributed by atoms with van der Waals surface area (Å²) in [5.41, 5.74) is 1.29. The number of rotatable bonds is 4. The fourth-order valence-electron chi connectivity index (χ4n) is 1.49. The summed E-state index contributed by atoms with van der Waals surface area (Å²) in [5, 5.41) is 3.46. The minimum atomic E-state index is 0.390. The van der Waals surface area contributed by atoms with Crippen LogP contribution in [0.25, 0.3) is 0 Å². The van der Waals surface area contributed by atoms with E-state index in [0.29, 0.717) is 12.1 Å². The Kier molecular flexibility index (Phi) is 3.96. The third kappa shape index (κ3) is 3.04. The summed E-state index contributed by atoms with van der Waals surface area (Å²) in [6.07, 6.45) is 0. The average Bonchev–Trinajstić information content (AvgIpc) is 2.17. The van der Waals surface area contributed by atoms with Crippen molar-refractivity contribution < 1.29 is 4.74 Å². The number of hydrogen-bond acceptors (Lipinski definition) is 2. The van der Waals surface area contributed by atoms with Crippen molar-refractivity contribution in [1.82, 2.24) is 5.32 Å². The van der Waals surface area contributed by atoms with E-state index in [1.807, 2.05) is 12.1 Å². The molecule has 1 aromatic rings. The van der Waals surface area contributed by atoms with Crippen LogP contribution in [0.1, 0.15) is 32.4 Å². The van der Waals surface area contributed by atoms with E-state index in [1.54, 1.807) is 7.11 Å². The Bertz CT molecular complexity index is 266. The standard InChI is InChI=1S/C12H19NO/c1-9(2)13-10(3)11-5-7-12(14-4)8-6-11/h5-10,13H,1-4H3/t10-/m0/s1. The van der Waals surface area contributed by atoms with Crippen molar-refractivity contribution in [2.75, 3.05) is 7.11 Å². The van der Waals surface area contributed by atoms with Crippen molar-refractivity contribution in [1.29, 1.82) is 0 Å². The van der Waals surface area contributed by atoms with Gasteiger partial charge in [-0.2, -0.15) is 0 Å². The molecule has 0 fully saturated rings. The van der Waals surface area contributed by atoms with Crippen LogP contribution >= 0.6 is 0 Å². The Morgan fingerprint density at radius 1 is 1.07 bits per heavy atom. The first-order valence-corrected chi connectivity index (χ1v) is 5.03. The molecule has 1 N–H and O–H groups in total. The van der Waals surface area contributed by atoms with Gasteiger partial charge in [-0.05, 0) is 24.6 Å². The number of ether oxygens (including phenoxy) is 1. The van der Waals surface area contributed by atoms with Crippen LogP contribution < -0.4 is 10.1 Å². The lowest BCUT2D eigenvalue weighted by molar-refractivity contribution is 0.414. The Labute approximate surface area is 86.3 Å². The van der Waals surface area contributed by atoms with Crippen LogP contribution in [0.15, 0.2) is 24.3 Å². The molecule has 0 aromatic heterocycles. The summed E-state index contributed by atoms with van der Waals surface area (Å²) in [6, 6.07) is 9.08. The third-order valence-corrected chi connectivity index (χ3v) is 2.20. The van der Waals surface area contributed by atoms with Crippen molar-refractivity contribution in [3.8, 4) is 5.75 Å². The highest BCUT2D eigenvalue weighted by Gasteiger charge is 2.05. The molecule has 0 saturated heterocycles. The Morgan fingerprint density at radius 3 is 2.07 bits per heavy atom. The van der Waals surface area contributed by atoms with Gasteiger partial charge >= 0.3 is 0 Å². The molecule has 0 aliphatic carbocycles. The van der Waals surface area contributed by atoms with Gasteiger partial charge in [0.05, 0.1) is 7.11 Å². The van der Waals surface area contributed by atoms with Crippen molar-refractivity contribution in [2.45, 2.75) is 32.9 Å². The molecule has 0 radical (unpaired) electrons. The molecule has 0 aliphatic heterocycles. The molecule has 2 nitrogen and oxygen atoms in total. The maximum absolute atomic E-state index is 5.11. The van der Waals surface area contributed by atoms with Crippen molar-refractivity contribution in [2.24, 2.45) is 0 Å². The van der Waals surface area contributed by atoms with Crippen LogP contribution in [-0.2, 0) is 0 Å². The molecule has 0 heterocycles. The van der Waals surface area contributed by atoms with E-state index < -0.39 is 0 Å². The molecule has 1 atom stereocenters. The molecule has 0 aliphatic rings. The van der Waals surface area contributed by atoms with Gasteiger partial charge in [0.25, 0.3) is 0 Å². The number of nitrogens with one attached hydrogen (secondary N) is 1. The second-order valence-electron chi connectivity index (χ2n) is 3.82. The van der Waals surface area contributed by atoms with E-state index in [9.17, 15) is 0 Å². The van der Waals surface area contributed by atoms with Gasteiger partial charge in [-0.15, -0.1) is 0 Å². The maximum Gasteiger partial charge on any atom is 0.118 e. The van der Waals surface area contributed by atoms with Crippen LogP contribution in [0.3, 0.4) is 0 Å². The van der Waals surface area contributed by atoms with Gasteiger partial charge in [-0.25, -0.2) is 0 Å². The summed E-state index contributed by atoms with van der Waals surface area (Å²) in [6.45, 7) is 6.47. The predicted octanol–water partition coefficient (Wildman–Crippen LogP) is 2.75. The molecular weight excluding hydrogens is 174 g/mol. The van der Waals surface area contributed by atoms with E-state index >= 15 is 0 Å². The highest BCUT2D eigenvalue weighted by atomic mass is 16.5. The number of hydrogen-bond donors (Lipinski definition) is 1. The van der Waals surface area contributed by atoms with Crippen molar-refractivity contribution in [3.05, 3.63) is 29.8 Å². The summed E-state index contributed by atoms with van der Waals surface area (Å²) < 4.78 is 5.11. The summed E-state index contributed by atoms with van der Waals surface area (Å²) in [4.78, 5) is 0. The zero-order valence-electron chi connectivity index (χ0n) is 9.37. The van der Waals surface area contributed by atoms with E-state index in [4.69, 9.17) is 4.74 Å². The first-order chi connectivity index (χ1) is 6.63. The van der Waals surface area contributed by atoms with E-state index in [1.165, 1.54) is 5.56 Å². The second kappa shape index (κ2) is 5.01. The summed E-state index contributed by atoms with van der Waals surface area (Å²) in [7, 11) is 1.69. The topological polar surface area (TPSA) is 21.3 Å². The van der Waals surface area contributed by atoms with E-state index in [2.05, 4.69) is 38.2 Å². The summed E-state index contributed by atoms with van der Waals surface area (Å²) in [5.74, 6) is 0.908. The maximum atomic E-state index is 5.11. The molecule has 78 valence electrons.